The molecule has 0 radical (unpaired) electrons. The summed E-state index contributed by atoms with van der Waals surface area (Å²) in [6, 6.07) is 0. The van der Waals surface area contributed by atoms with Crippen molar-refractivity contribution in [3.05, 3.63) is 0 Å². The maximum absolute atomic E-state index is 12.3. The van der Waals surface area contributed by atoms with Gasteiger partial charge >= 0.3 is 0 Å². The molecule has 1 fully saturated rings. The first-order chi connectivity index (χ1) is 8.46. The van der Waals surface area contributed by atoms with Crippen LogP contribution < -0.4 is 10.6 Å². The lowest BCUT2D eigenvalue weighted by atomic mass is 9.81. The fourth-order valence-electron chi connectivity index (χ4n) is 2.56. The molecule has 1 rings (SSSR count). The molecule has 0 aromatic carbocycles. The molecule has 18 heavy (non-hydrogen) atoms. The fraction of sp³-hybridized carbons (Fsp3) is 0.923. The Labute approximate surface area is 114 Å². The first-order valence-corrected chi connectivity index (χ1v) is 8.05. The van der Waals surface area contributed by atoms with Crippen LogP contribution in [-0.4, -0.2) is 48.3 Å². The van der Waals surface area contributed by atoms with E-state index in [4.69, 9.17) is 0 Å². The largest absolute Gasteiger partial charge is 0.387 e. The molecule has 0 aromatic rings. The van der Waals surface area contributed by atoms with Gasteiger partial charge in [0.2, 0.25) is 5.91 Å². The number of hydrogen-bond donors (Lipinski definition) is 3. The minimum Gasteiger partial charge on any atom is -0.387 e. The van der Waals surface area contributed by atoms with Gasteiger partial charge in [-0.1, -0.05) is 13.3 Å². The molecule has 1 amide bonds. The molecule has 2 atom stereocenters. The summed E-state index contributed by atoms with van der Waals surface area (Å²) in [5.74, 6) is 0.725. The van der Waals surface area contributed by atoms with Crippen LogP contribution in [0.5, 0.6) is 0 Å². The average Bonchev–Trinajstić information content (AvgIpc) is 2.76. The molecule has 0 bridgehead atoms. The SMILES string of the molecule is CCCC1(C(=O)NCC(C)(O)CSC)CCNC1. The molecule has 4 nitrogen and oxygen atoms in total. The van der Waals surface area contributed by atoms with E-state index in [2.05, 4.69) is 17.6 Å². The molecule has 1 aliphatic rings. The van der Waals surface area contributed by atoms with Crippen LogP contribution in [0.2, 0.25) is 0 Å². The van der Waals surface area contributed by atoms with E-state index in [1.807, 2.05) is 6.26 Å². The Morgan fingerprint density at radius 1 is 1.61 bits per heavy atom. The predicted molar refractivity (Wildman–Crippen MR) is 76.8 cm³/mol. The van der Waals surface area contributed by atoms with E-state index < -0.39 is 5.60 Å². The topological polar surface area (TPSA) is 61.4 Å². The second-order valence-electron chi connectivity index (χ2n) is 5.57. The molecule has 1 saturated heterocycles. The predicted octanol–water partition coefficient (Wildman–Crippen LogP) is 0.996. The monoisotopic (exact) mass is 274 g/mol. The summed E-state index contributed by atoms with van der Waals surface area (Å²) < 4.78 is 0. The van der Waals surface area contributed by atoms with Gasteiger partial charge in [0.25, 0.3) is 0 Å². The third kappa shape index (κ3) is 4.14. The molecule has 1 aliphatic heterocycles. The molecule has 5 heteroatoms. The molecule has 0 saturated carbocycles. The van der Waals surface area contributed by atoms with Crippen LogP contribution >= 0.6 is 11.8 Å². The Morgan fingerprint density at radius 2 is 2.33 bits per heavy atom. The highest BCUT2D eigenvalue weighted by molar-refractivity contribution is 7.98. The number of thioether (sulfide) groups is 1. The Kier molecular flexibility index (Phi) is 5.95. The number of carbonyl (C=O) groups is 1. The van der Waals surface area contributed by atoms with Gasteiger partial charge in [-0.15, -0.1) is 0 Å². The second kappa shape index (κ2) is 6.78. The summed E-state index contributed by atoms with van der Waals surface area (Å²) >= 11 is 1.59. The summed E-state index contributed by atoms with van der Waals surface area (Å²) in [5.41, 5.74) is -1.08. The van der Waals surface area contributed by atoms with Gasteiger partial charge in [-0.3, -0.25) is 4.79 Å². The molecular formula is C13H26N2O2S. The maximum atomic E-state index is 12.3. The zero-order valence-electron chi connectivity index (χ0n) is 11.7. The van der Waals surface area contributed by atoms with Crippen LogP contribution in [0.4, 0.5) is 0 Å². The zero-order chi connectivity index (χ0) is 13.6. The van der Waals surface area contributed by atoms with E-state index in [1.165, 1.54) is 0 Å². The van der Waals surface area contributed by atoms with E-state index in [9.17, 15) is 9.90 Å². The van der Waals surface area contributed by atoms with Crippen LogP contribution in [0, 0.1) is 5.41 Å². The van der Waals surface area contributed by atoms with Crippen LogP contribution in [0.1, 0.15) is 33.1 Å². The van der Waals surface area contributed by atoms with Gasteiger partial charge in [-0.25, -0.2) is 0 Å². The summed E-state index contributed by atoms with van der Waals surface area (Å²) in [4.78, 5) is 12.3. The molecule has 0 spiro atoms. The van der Waals surface area contributed by atoms with E-state index in [0.29, 0.717) is 12.3 Å². The van der Waals surface area contributed by atoms with Crippen molar-refractivity contribution < 1.29 is 9.90 Å². The van der Waals surface area contributed by atoms with Crippen molar-refractivity contribution in [2.45, 2.75) is 38.7 Å². The minimum atomic E-state index is -0.825. The standard InChI is InChI=1S/C13H26N2O2S/c1-4-5-13(6-7-14-9-13)11(16)15-8-12(2,17)10-18-3/h14,17H,4-10H2,1-3H3,(H,15,16). The van der Waals surface area contributed by atoms with Crippen molar-refractivity contribution in [2.75, 3.05) is 31.6 Å². The Balaban J connectivity index is 2.52. The number of aliphatic hydroxyl groups is 1. The van der Waals surface area contributed by atoms with E-state index >= 15 is 0 Å². The van der Waals surface area contributed by atoms with Gasteiger partial charge in [0.05, 0.1) is 11.0 Å². The van der Waals surface area contributed by atoms with Gasteiger partial charge in [0, 0.05) is 18.8 Å². The average molecular weight is 274 g/mol. The smallest absolute Gasteiger partial charge is 0.227 e. The zero-order valence-corrected chi connectivity index (χ0v) is 12.5. The number of rotatable bonds is 7. The molecule has 3 N–H and O–H groups in total. The fourth-order valence-corrected chi connectivity index (χ4v) is 3.29. The van der Waals surface area contributed by atoms with E-state index in [0.717, 1.165) is 32.4 Å². The van der Waals surface area contributed by atoms with Crippen LogP contribution in [0.15, 0.2) is 0 Å². The van der Waals surface area contributed by atoms with Crippen molar-refractivity contribution in [3.63, 3.8) is 0 Å². The molecule has 2 unspecified atom stereocenters. The van der Waals surface area contributed by atoms with Crippen LogP contribution in [0.3, 0.4) is 0 Å². The summed E-state index contributed by atoms with van der Waals surface area (Å²) in [6.45, 7) is 5.88. The third-order valence-corrected chi connectivity index (χ3v) is 4.45. The number of carbonyl (C=O) groups excluding carboxylic acids is 1. The van der Waals surface area contributed by atoms with Gasteiger partial charge in [0.1, 0.15) is 0 Å². The quantitative estimate of drug-likeness (QED) is 0.648. The Morgan fingerprint density at radius 3 is 2.83 bits per heavy atom. The summed E-state index contributed by atoms with van der Waals surface area (Å²) in [5, 5.41) is 16.3. The van der Waals surface area contributed by atoms with Crippen molar-refractivity contribution in [1.29, 1.82) is 0 Å². The third-order valence-electron chi connectivity index (χ3n) is 3.54. The number of amides is 1. The second-order valence-corrected chi connectivity index (χ2v) is 6.44. The minimum absolute atomic E-state index is 0.0933. The highest BCUT2D eigenvalue weighted by Gasteiger charge is 2.40. The Bertz CT molecular complexity index is 276. The summed E-state index contributed by atoms with van der Waals surface area (Å²) in [7, 11) is 0. The van der Waals surface area contributed by atoms with Gasteiger partial charge in [0.15, 0.2) is 0 Å². The van der Waals surface area contributed by atoms with Gasteiger partial charge < -0.3 is 15.7 Å². The number of hydrogen-bond acceptors (Lipinski definition) is 4. The molecule has 0 aliphatic carbocycles. The maximum Gasteiger partial charge on any atom is 0.227 e. The first-order valence-electron chi connectivity index (χ1n) is 6.66. The van der Waals surface area contributed by atoms with Crippen molar-refractivity contribution in [1.82, 2.24) is 10.6 Å². The normalized spacial score (nSPS) is 26.9. The Hall–Kier alpha value is -0.260. The highest BCUT2D eigenvalue weighted by Crippen LogP contribution is 2.31. The van der Waals surface area contributed by atoms with Gasteiger partial charge in [-0.05, 0) is 32.6 Å². The molecule has 1 heterocycles. The number of nitrogens with one attached hydrogen (secondary N) is 2. The van der Waals surface area contributed by atoms with Crippen molar-refractivity contribution >= 4 is 17.7 Å². The van der Waals surface area contributed by atoms with E-state index in [-0.39, 0.29) is 11.3 Å². The highest BCUT2D eigenvalue weighted by atomic mass is 32.2. The summed E-state index contributed by atoms with van der Waals surface area (Å²) in [6.07, 6.45) is 4.78. The van der Waals surface area contributed by atoms with Crippen LogP contribution in [0.25, 0.3) is 0 Å². The molecule has 0 aromatic heterocycles. The van der Waals surface area contributed by atoms with Crippen LogP contribution in [-0.2, 0) is 4.79 Å². The van der Waals surface area contributed by atoms with E-state index in [1.54, 1.807) is 18.7 Å². The molecule has 106 valence electrons. The van der Waals surface area contributed by atoms with Crippen molar-refractivity contribution in [3.8, 4) is 0 Å². The lowest BCUT2D eigenvalue weighted by Gasteiger charge is -2.29. The molecular weight excluding hydrogens is 248 g/mol. The first kappa shape index (κ1) is 15.8. The lowest BCUT2D eigenvalue weighted by Crippen LogP contribution is -2.49. The lowest BCUT2D eigenvalue weighted by molar-refractivity contribution is -0.131. The van der Waals surface area contributed by atoms with Gasteiger partial charge in [-0.2, -0.15) is 11.8 Å². The van der Waals surface area contributed by atoms with Crippen molar-refractivity contribution in [2.24, 2.45) is 5.41 Å².